The monoisotopic (exact) mass is 530 g/mol. The molecule has 5 heterocycles. The molecule has 6 aliphatic rings. The number of likely N-dealkylation sites (N-methyl/N-ethyl adjacent to an activating group) is 1. The van der Waals surface area contributed by atoms with Crippen LogP contribution in [0.4, 0.5) is 5.69 Å². The highest BCUT2D eigenvalue weighted by Gasteiger charge is 2.84. The molecule has 6 bridgehead atoms. The van der Waals surface area contributed by atoms with Crippen molar-refractivity contribution in [1.82, 2.24) is 4.90 Å². The normalized spacial score (nSPS) is 37.5. The standard InChI is InChI=1S/C31H34N2O6/c1-6-17-16-33-22-14-20(17)31(29(35)38-5)25(33)15-30(19-9-7-8-10-21(19)32(2)26(22)30)28(31)39-27(34)18-11-12-23(36-3)24(13-18)37-4/h6-13,20,22,25-26,28H,14-16H2,1-5H3/b17-6+/t20-,22-,25-,26+,28?,30+,31-/m0/s1. The van der Waals surface area contributed by atoms with Gasteiger partial charge in [-0.3, -0.25) is 9.69 Å². The molecule has 2 unspecified atom stereocenters. The number of methoxy groups -OCH3 is 3. The summed E-state index contributed by atoms with van der Waals surface area (Å²) in [7, 11) is 6.70. The van der Waals surface area contributed by atoms with Crippen molar-refractivity contribution in [3.05, 3.63) is 65.2 Å². The lowest BCUT2D eigenvalue weighted by atomic mass is 9.58. The summed E-state index contributed by atoms with van der Waals surface area (Å²) in [5, 5.41) is 0. The molecular weight excluding hydrogens is 496 g/mol. The van der Waals surface area contributed by atoms with E-state index in [2.05, 4.69) is 47.2 Å². The number of hydrogen-bond acceptors (Lipinski definition) is 8. The maximum atomic E-state index is 14.2. The summed E-state index contributed by atoms with van der Waals surface area (Å²) in [6, 6.07) is 13.7. The lowest BCUT2D eigenvalue weighted by molar-refractivity contribution is -0.180. The second-order valence-corrected chi connectivity index (χ2v) is 11.5. The van der Waals surface area contributed by atoms with Gasteiger partial charge in [-0.05, 0) is 49.6 Å². The molecule has 8 atom stereocenters. The molecule has 8 heteroatoms. The number of piperidine rings is 4. The van der Waals surface area contributed by atoms with E-state index < -0.39 is 22.9 Å². The van der Waals surface area contributed by atoms with Crippen LogP contribution in [0, 0.1) is 11.3 Å². The van der Waals surface area contributed by atoms with Crippen molar-refractivity contribution in [3.63, 3.8) is 0 Å². The Morgan fingerprint density at radius 3 is 2.54 bits per heavy atom. The van der Waals surface area contributed by atoms with Crippen molar-refractivity contribution in [3.8, 4) is 11.5 Å². The third-order valence-corrected chi connectivity index (χ3v) is 10.5. The van der Waals surface area contributed by atoms with Gasteiger partial charge in [-0.2, -0.15) is 0 Å². The van der Waals surface area contributed by atoms with E-state index in [0.717, 1.165) is 30.6 Å². The summed E-state index contributed by atoms with van der Waals surface area (Å²) in [6.45, 7) is 2.88. The maximum Gasteiger partial charge on any atom is 0.338 e. The van der Waals surface area contributed by atoms with E-state index in [0.29, 0.717) is 17.1 Å². The van der Waals surface area contributed by atoms with Crippen LogP contribution in [-0.4, -0.2) is 76.0 Å². The first-order valence-electron chi connectivity index (χ1n) is 13.6. The Morgan fingerprint density at radius 2 is 1.82 bits per heavy atom. The largest absolute Gasteiger partial charge is 0.493 e. The molecule has 2 aromatic carbocycles. The fourth-order valence-electron chi connectivity index (χ4n) is 9.28. The van der Waals surface area contributed by atoms with Crippen LogP contribution in [0.1, 0.15) is 35.7 Å². The molecular formula is C31H34N2O6. The molecule has 2 aromatic rings. The number of nitrogens with zero attached hydrogens (tertiary/aromatic N) is 2. The lowest BCUT2D eigenvalue weighted by Gasteiger charge is -2.61. The van der Waals surface area contributed by atoms with Gasteiger partial charge >= 0.3 is 11.9 Å². The van der Waals surface area contributed by atoms with Crippen LogP contribution in [0.3, 0.4) is 0 Å². The Morgan fingerprint density at radius 1 is 1.05 bits per heavy atom. The van der Waals surface area contributed by atoms with E-state index in [1.54, 1.807) is 25.3 Å². The highest BCUT2D eigenvalue weighted by Crippen LogP contribution is 2.73. The van der Waals surface area contributed by atoms with Gasteiger partial charge < -0.3 is 23.8 Å². The van der Waals surface area contributed by atoms with Crippen LogP contribution in [0.2, 0.25) is 0 Å². The Hall–Kier alpha value is -3.52. The predicted molar refractivity (Wildman–Crippen MR) is 144 cm³/mol. The Bertz CT molecular complexity index is 1420. The third-order valence-electron chi connectivity index (χ3n) is 10.5. The molecule has 5 aliphatic heterocycles. The first-order chi connectivity index (χ1) is 18.9. The van der Waals surface area contributed by atoms with Gasteiger partial charge in [-0.15, -0.1) is 0 Å². The lowest BCUT2D eigenvalue weighted by Crippen LogP contribution is -2.71. The first-order valence-corrected chi connectivity index (χ1v) is 13.6. The van der Waals surface area contributed by atoms with Crippen LogP contribution in [0.5, 0.6) is 11.5 Å². The third kappa shape index (κ3) is 2.73. The zero-order valence-electron chi connectivity index (χ0n) is 23.0. The van der Waals surface area contributed by atoms with Gasteiger partial charge in [0, 0.05) is 37.3 Å². The van der Waals surface area contributed by atoms with Crippen LogP contribution >= 0.6 is 0 Å². The van der Waals surface area contributed by atoms with E-state index in [1.165, 1.54) is 19.8 Å². The van der Waals surface area contributed by atoms with Crippen molar-refractivity contribution in [2.45, 2.75) is 49.4 Å². The molecule has 4 saturated heterocycles. The number of hydrogen-bond donors (Lipinski definition) is 0. The molecule has 8 rings (SSSR count). The Kier molecular flexibility index (Phi) is 5.18. The van der Waals surface area contributed by atoms with Gasteiger partial charge in [0.25, 0.3) is 0 Å². The van der Waals surface area contributed by atoms with Crippen molar-refractivity contribution < 1.29 is 28.5 Å². The minimum Gasteiger partial charge on any atom is -0.493 e. The number of fused-ring (bicyclic) bond motifs is 2. The fraction of sp³-hybridized carbons (Fsp3) is 0.484. The first kappa shape index (κ1) is 24.5. The molecule has 0 radical (unpaired) electrons. The van der Waals surface area contributed by atoms with Gasteiger partial charge in [0.05, 0.1) is 38.3 Å². The van der Waals surface area contributed by atoms with Gasteiger partial charge in [-0.1, -0.05) is 29.8 Å². The SMILES string of the molecule is C/C=C1\CN2[C@H]3C[C@@]45c6ccccc6N(C)[C@@H]4[C@@H]2C[C@@H]1[C@@]3(C(=O)OC)C5OC(=O)c1ccc(OC)c(OC)c1. The van der Waals surface area contributed by atoms with E-state index >= 15 is 0 Å². The summed E-state index contributed by atoms with van der Waals surface area (Å²) < 4.78 is 23.1. The number of allylic oxidation sites excluding steroid dienone is 1. The molecule has 0 N–H and O–H groups in total. The number of carbonyl (C=O) groups is 2. The zero-order valence-corrected chi connectivity index (χ0v) is 23.0. The van der Waals surface area contributed by atoms with E-state index in [4.69, 9.17) is 18.9 Å². The summed E-state index contributed by atoms with van der Waals surface area (Å²) in [5.41, 5.74) is 2.36. The molecule has 1 aliphatic carbocycles. The van der Waals surface area contributed by atoms with Crippen molar-refractivity contribution >= 4 is 17.6 Å². The number of carbonyl (C=O) groups excluding carboxylic acids is 2. The number of anilines is 1. The van der Waals surface area contributed by atoms with Crippen LogP contribution < -0.4 is 14.4 Å². The summed E-state index contributed by atoms with van der Waals surface area (Å²) >= 11 is 0. The zero-order chi connectivity index (χ0) is 27.3. The van der Waals surface area contributed by atoms with Crippen molar-refractivity contribution in [2.75, 3.05) is 39.8 Å². The quantitative estimate of drug-likeness (QED) is 0.429. The van der Waals surface area contributed by atoms with Crippen molar-refractivity contribution in [2.24, 2.45) is 11.3 Å². The summed E-state index contributed by atoms with van der Waals surface area (Å²) in [4.78, 5) is 33.1. The highest BCUT2D eigenvalue weighted by atomic mass is 16.6. The van der Waals surface area contributed by atoms with E-state index in [1.807, 2.05) is 6.92 Å². The molecule has 0 amide bonds. The van der Waals surface area contributed by atoms with Gasteiger partial charge in [0.15, 0.2) is 11.5 Å². The average molecular weight is 531 g/mol. The molecule has 0 aromatic heterocycles. The fourth-order valence-corrected chi connectivity index (χ4v) is 9.28. The Balaban J connectivity index is 1.44. The smallest absolute Gasteiger partial charge is 0.338 e. The second-order valence-electron chi connectivity index (χ2n) is 11.5. The highest BCUT2D eigenvalue weighted by molar-refractivity contribution is 5.92. The number of rotatable bonds is 5. The van der Waals surface area contributed by atoms with E-state index in [-0.39, 0.29) is 30.0 Å². The van der Waals surface area contributed by atoms with Gasteiger partial charge in [-0.25, -0.2) is 4.79 Å². The number of esters is 2. The Labute approximate surface area is 228 Å². The average Bonchev–Trinajstić information content (AvgIpc) is 3.37. The number of ether oxygens (including phenoxy) is 4. The van der Waals surface area contributed by atoms with Gasteiger partial charge in [0.2, 0.25) is 0 Å². The van der Waals surface area contributed by atoms with Crippen molar-refractivity contribution in [1.29, 1.82) is 0 Å². The summed E-state index contributed by atoms with van der Waals surface area (Å²) in [6.07, 6.45) is 3.02. The van der Waals surface area contributed by atoms with Crippen LogP contribution in [-0.2, 0) is 19.7 Å². The molecule has 8 nitrogen and oxygen atoms in total. The molecule has 1 spiro atoms. The van der Waals surface area contributed by atoms with E-state index in [9.17, 15) is 9.59 Å². The molecule has 1 saturated carbocycles. The minimum absolute atomic E-state index is 0.0521. The predicted octanol–water partition coefficient (Wildman–Crippen LogP) is 3.58. The van der Waals surface area contributed by atoms with Gasteiger partial charge in [0.1, 0.15) is 11.5 Å². The maximum absolute atomic E-state index is 14.2. The summed E-state index contributed by atoms with van der Waals surface area (Å²) in [5.74, 6) is 0.166. The van der Waals surface area contributed by atoms with Crippen LogP contribution in [0.15, 0.2) is 54.1 Å². The molecule has 204 valence electrons. The number of para-hydroxylation sites is 1. The minimum atomic E-state index is -0.995. The molecule has 39 heavy (non-hydrogen) atoms. The second kappa shape index (κ2) is 8.24. The topological polar surface area (TPSA) is 77.5 Å². The van der Waals surface area contributed by atoms with Crippen LogP contribution in [0.25, 0.3) is 0 Å². The molecule has 5 fully saturated rings. The number of benzene rings is 2.